The normalized spacial score (nSPS) is 19.2. The molecule has 2 heterocycles. The first-order valence-corrected chi connectivity index (χ1v) is 11.2. The first kappa shape index (κ1) is 23.4. The van der Waals surface area contributed by atoms with E-state index in [-0.39, 0.29) is 23.5 Å². The van der Waals surface area contributed by atoms with Gasteiger partial charge in [0.15, 0.2) is 11.5 Å². The highest BCUT2D eigenvalue weighted by molar-refractivity contribution is 8.18. The van der Waals surface area contributed by atoms with Crippen molar-refractivity contribution in [1.82, 2.24) is 9.80 Å². The van der Waals surface area contributed by atoms with Crippen molar-refractivity contribution in [1.29, 1.82) is 0 Å². The molecule has 1 aromatic carbocycles. The largest absolute Gasteiger partial charge is 0.493 e. The SMILES string of the molecule is CC[C@H](C)Oc1c(Cl)cc(/C=C2/SC(=O)N(CC(=O)N3CCOCC3)C2=O)cc1OC. The fraction of sp³-hybridized carbons (Fsp3) is 0.476. The van der Waals surface area contributed by atoms with Crippen molar-refractivity contribution in [2.24, 2.45) is 0 Å². The van der Waals surface area contributed by atoms with E-state index in [9.17, 15) is 14.4 Å². The van der Waals surface area contributed by atoms with Gasteiger partial charge >= 0.3 is 0 Å². The number of morpholine rings is 1. The van der Waals surface area contributed by atoms with Crippen LogP contribution < -0.4 is 9.47 Å². The van der Waals surface area contributed by atoms with Gasteiger partial charge in [-0.05, 0) is 48.9 Å². The minimum Gasteiger partial charge on any atom is -0.493 e. The number of benzene rings is 1. The Morgan fingerprint density at radius 2 is 2.03 bits per heavy atom. The molecule has 0 aliphatic carbocycles. The van der Waals surface area contributed by atoms with Crippen molar-refractivity contribution >= 4 is 46.5 Å². The minimum absolute atomic E-state index is 0.0437. The van der Waals surface area contributed by atoms with E-state index in [1.165, 1.54) is 7.11 Å². The molecule has 8 nitrogen and oxygen atoms in total. The number of methoxy groups -OCH3 is 1. The molecule has 0 radical (unpaired) electrons. The van der Waals surface area contributed by atoms with E-state index < -0.39 is 11.1 Å². The second kappa shape index (κ2) is 10.4. The average Bonchev–Trinajstić information content (AvgIpc) is 3.02. The number of carbonyl (C=O) groups excluding carboxylic acids is 3. The lowest BCUT2D eigenvalue weighted by Crippen LogP contribution is -2.46. The van der Waals surface area contributed by atoms with Crippen LogP contribution in [0.2, 0.25) is 5.02 Å². The average molecular weight is 469 g/mol. The molecule has 0 aromatic heterocycles. The highest BCUT2D eigenvalue weighted by atomic mass is 35.5. The predicted octanol–water partition coefficient (Wildman–Crippen LogP) is 3.42. The number of halogens is 1. The van der Waals surface area contributed by atoms with Gasteiger partial charge in [-0.2, -0.15) is 0 Å². The van der Waals surface area contributed by atoms with E-state index in [2.05, 4.69) is 0 Å². The summed E-state index contributed by atoms with van der Waals surface area (Å²) < 4.78 is 16.5. The Bertz CT molecular complexity index is 900. The molecule has 0 bridgehead atoms. The van der Waals surface area contributed by atoms with Gasteiger partial charge in [-0.1, -0.05) is 18.5 Å². The molecule has 1 aromatic rings. The molecule has 168 valence electrons. The van der Waals surface area contributed by atoms with Crippen LogP contribution in [0.4, 0.5) is 4.79 Å². The van der Waals surface area contributed by atoms with Crippen molar-refractivity contribution in [3.8, 4) is 11.5 Å². The summed E-state index contributed by atoms with van der Waals surface area (Å²) in [5, 5.41) is -0.139. The molecule has 2 fully saturated rings. The van der Waals surface area contributed by atoms with E-state index >= 15 is 0 Å². The zero-order valence-corrected chi connectivity index (χ0v) is 19.3. The Labute approximate surface area is 190 Å². The standard InChI is InChI=1S/C21H25ClN2O6S/c1-4-13(2)30-19-15(22)9-14(10-16(19)28-3)11-17-20(26)24(21(27)31-17)12-18(25)23-5-7-29-8-6-23/h9-11,13H,4-8,12H2,1-3H3/b17-11+/t13-/m0/s1. The van der Waals surface area contributed by atoms with Crippen molar-refractivity contribution in [2.45, 2.75) is 26.4 Å². The lowest BCUT2D eigenvalue weighted by Gasteiger charge is -2.28. The Morgan fingerprint density at radius 1 is 1.32 bits per heavy atom. The maximum atomic E-state index is 12.8. The molecule has 0 spiro atoms. The number of hydrogen-bond donors (Lipinski definition) is 0. The zero-order chi connectivity index (χ0) is 22.5. The number of thioether (sulfide) groups is 1. The Morgan fingerprint density at radius 3 is 2.68 bits per heavy atom. The fourth-order valence-corrected chi connectivity index (χ4v) is 4.16. The molecule has 0 N–H and O–H groups in total. The van der Waals surface area contributed by atoms with E-state index in [0.717, 1.165) is 23.1 Å². The molecule has 2 aliphatic rings. The van der Waals surface area contributed by atoms with Gasteiger partial charge in [-0.3, -0.25) is 19.3 Å². The molecule has 0 saturated carbocycles. The first-order valence-electron chi connectivity index (χ1n) is 9.99. The van der Waals surface area contributed by atoms with E-state index in [4.69, 9.17) is 25.8 Å². The van der Waals surface area contributed by atoms with Gasteiger partial charge in [-0.15, -0.1) is 0 Å². The number of amides is 3. The van der Waals surface area contributed by atoms with Crippen molar-refractivity contribution in [2.75, 3.05) is 40.0 Å². The number of carbonyl (C=O) groups is 3. The van der Waals surface area contributed by atoms with Crippen molar-refractivity contribution < 1.29 is 28.6 Å². The third-order valence-corrected chi connectivity index (χ3v) is 6.16. The van der Waals surface area contributed by atoms with Crippen molar-refractivity contribution in [3.63, 3.8) is 0 Å². The molecule has 3 rings (SSSR count). The maximum absolute atomic E-state index is 12.8. The van der Waals surface area contributed by atoms with E-state index in [1.54, 1.807) is 23.1 Å². The number of hydrogen-bond acceptors (Lipinski definition) is 7. The van der Waals surface area contributed by atoms with Crippen LogP contribution in [0.1, 0.15) is 25.8 Å². The highest BCUT2D eigenvalue weighted by Gasteiger charge is 2.37. The lowest BCUT2D eigenvalue weighted by molar-refractivity contribution is -0.139. The Balaban J connectivity index is 1.77. The Hall–Kier alpha value is -2.23. The first-order chi connectivity index (χ1) is 14.8. The summed E-state index contributed by atoms with van der Waals surface area (Å²) in [4.78, 5) is 40.3. The summed E-state index contributed by atoms with van der Waals surface area (Å²) in [6.45, 7) is 5.45. The minimum atomic E-state index is -0.508. The Kier molecular flexibility index (Phi) is 7.85. The quantitative estimate of drug-likeness (QED) is 0.567. The summed E-state index contributed by atoms with van der Waals surface area (Å²) in [7, 11) is 1.50. The van der Waals surface area contributed by atoms with Gasteiger partial charge in [0.05, 0.1) is 36.4 Å². The molecule has 2 saturated heterocycles. The lowest BCUT2D eigenvalue weighted by atomic mass is 10.1. The molecule has 1 atom stereocenters. The molecule has 31 heavy (non-hydrogen) atoms. The fourth-order valence-electron chi connectivity index (χ4n) is 3.06. The third kappa shape index (κ3) is 5.53. The predicted molar refractivity (Wildman–Crippen MR) is 118 cm³/mol. The highest BCUT2D eigenvalue weighted by Crippen LogP contribution is 2.39. The van der Waals surface area contributed by atoms with Crippen LogP contribution in [0, 0.1) is 0 Å². The summed E-state index contributed by atoms with van der Waals surface area (Å²) in [6.07, 6.45) is 2.32. The summed E-state index contributed by atoms with van der Waals surface area (Å²) in [6, 6.07) is 3.34. The van der Waals surface area contributed by atoms with E-state index in [1.807, 2.05) is 13.8 Å². The number of rotatable bonds is 7. The molecule has 0 unspecified atom stereocenters. The number of imide groups is 1. The van der Waals surface area contributed by atoms with Crippen molar-refractivity contribution in [3.05, 3.63) is 27.6 Å². The van der Waals surface area contributed by atoms with E-state index in [0.29, 0.717) is 48.4 Å². The third-order valence-electron chi connectivity index (χ3n) is 4.97. The number of ether oxygens (including phenoxy) is 3. The van der Waals surface area contributed by atoms with Gasteiger partial charge in [0, 0.05) is 13.1 Å². The monoisotopic (exact) mass is 468 g/mol. The summed E-state index contributed by atoms with van der Waals surface area (Å²) in [5.74, 6) is 0.0791. The molecular formula is C21H25ClN2O6S. The van der Waals surface area contributed by atoms with Gasteiger partial charge in [-0.25, -0.2) is 0 Å². The summed E-state index contributed by atoms with van der Waals surface area (Å²) in [5.41, 5.74) is 0.586. The van der Waals surface area contributed by atoms with Crippen LogP contribution in [0.25, 0.3) is 6.08 Å². The van der Waals surface area contributed by atoms with Crippen LogP contribution in [0.15, 0.2) is 17.0 Å². The molecule has 10 heteroatoms. The smallest absolute Gasteiger partial charge is 0.294 e. The van der Waals surface area contributed by atoms with Gasteiger partial charge in [0.2, 0.25) is 5.91 Å². The van der Waals surface area contributed by atoms with Gasteiger partial charge in [0.25, 0.3) is 11.1 Å². The summed E-state index contributed by atoms with van der Waals surface area (Å²) >= 11 is 7.18. The van der Waals surface area contributed by atoms with Crippen LogP contribution in [-0.2, 0) is 14.3 Å². The molecule has 3 amide bonds. The second-order valence-corrected chi connectivity index (χ2v) is 8.53. The molecule has 2 aliphatic heterocycles. The van der Waals surface area contributed by atoms with Crippen LogP contribution in [0.3, 0.4) is 0 Å². The zero-order valence-electron chi connectivity index (χ0n) is 17.7. The maximum Gasteiger partial charge on any atom is 0.294 e. The van der Waals surface area contributed by atoms with Gasteiger partial charge < -0.3 is 19.1 Å². The molecular weight excluding hydrogens is 444 g/mol. The number of nitrogens with zero attached hydrogens (tertiary/aromatic N) is 2. The second-order valence-electron chi connectivity index (χ2n) is 7.13. The topological polar surface area (TPSA) is 85.4 Å². The van der Waals surface area contributed by atoms with Gasteiger partial charge in [0.1, 0.15) is 6.54 Å². The van der Waals surface area contributed by atoms with Crippen LogP contribution >= 0.6 is 23.4 Å². The van der Waals surface area contributed by atoms with Crippen LogP contribution in [-0.4, -0.2) is 72.9 Å². The van der Waals surface area contributed by atoms with Crippen LogP contribution in [0.5, 0.6) is 11.5 Å².